The third-order valence-electron chi connectivity index (χ3n) is 3.87. The second kappa shape index (κ2) is 11.6. The number of hydrogen-bond donors (Lipinski definition) is 1. The van der Waals surface area contributed by atoms with Crippen LogP contribution in [0.4, 0.5) is 0 Å². The number of rotatable bonds is 7. The Morgan fingerprint density at radius 2 is 1.44 bits per heavy atom. The van der Waals surface area contributed by atoms with Crippen molar-refractivity contribution in [1.29, 1.82) is 0 Å². The third-order valence-corrected chi connectivity index (χ3v) is 3.87. The molecular weight excluding hydrogens is 344 g/mol. The van der Waals surface area contributed by atoms with Crippen molar-refractivity contribution >= 4 is 17.7 Å². The molecule has 0 aliphatic heterocycles. The van der Waals surface area contributed by atoms with Crippen molar-refractivity contribution in [1.82, 2.24) is 0 Å². The van der Waals surface area contributed by atoms with Gasteiger partial charge in [-0.25, -0.2) is 0 Å². The summed E-state index contributed by atoms with van der Waals surface area (Å²) < 4.78 is 5.15. The minimum Gasteiger partial charge on any atom is -0.481 e. The number of carboxylic acid groups (broad SMARTS) is 1. The van der Waals surface area contributed by atoms with Gasteiger partial charge >= 0.3 is 11.9 Å². The molecule has 1 N–H and O–H groups in total. The normalized spacial score (nSPS) is 12.1. The molecule has 0 fully saturated rings. The molecule has 2 aromatic carbocycles. The van der Waals surface area contributed by atoms with Gasteiger partial charge in [-0.15, -0.1) is 0 Å². The molecule has 2 unspecified atom stereocenters. The van der Waals surface area contributed by atoms with Gasteiger partial charge in [-0.2, -0.15) is 0 Å². The van der Waals surface area contributed by atoms with E-state index in [1.54, 1.807) is 31.2 Å². The molecule has 2 atom stereocenters. The topological polar surface area (TPSA) is 80.7 Å². The van der Waals surface area contributed by atoms with E-state index in [9.17, 15) is 14.4 Å². The Morgan fingerprint density at radius 3 is 1.93 bits per heavy atom. The number of ether oxygens (including phenoxy) is 1. The Labute approximate surface area is 160 Å². The molecule has 0 aliphatic carbocycles. The average Bonchev–Trinajstić information content (AvgIpc) is 2.69. The predicted molar refractivity (Wildman–Crippen MR) is 103 cm³/mol. The molecule has 144 valence electrons. The van der Waals surface area contributed by atoms with Crippen LogP contribution in [-0.4, -0.2) is 22.8 Å². The molecule has 0 saturated heterocycles. The Morgan fingerprint density at radius 1 is 0.926 bits per heavy atom. The highest BCUT2D eigenvalue weighted by atomic mass is 16.5. The zero-order valence-corrected chi connectivity index (χ0v) is 15.9. The van der Waals surface area contributed by atoms with Crippen LogP contribution >= 0.6 is 0 Å². The lowest BCUT2D eigenvalue weighted by Gasteiger charge is -2.12. The van der Waals surface area contributed by atoms with E-state index in [2.05, 4.69) is 0 Å². The van der Waals surface area contributed by atoms with Gasteiger partial charge in [-0.1, -0.05) is 74.5 Å². The first-order valence-electron chi connectivity index (χ1n) is 8.90. The average molecular weight is 370 g/mol. The highest BCUT2D eigenvalue weighted by Crippen LogP contribution is 2.16. The Balaban J connectivity index is 0.000000271. The second-order valence-corrected chi connectivity index (χ2v) is 6.13. The standard InChI is InChI=1S/C11H12O3.C11H14O2/c1-8(11(13)14)7-10(12)9-5-3-2-4-6-9;1-3-11(12)13-9(2)10-7-5-4-6-8-10/h2-6,8H,7H2,1H3,(H,13,14);4-9H,3H2,1-2H3. The van der Waals surface area contributed by atoms with E-state index in [0.717, 1.165) is 5.56 Å². The molecule has 5 heteroatoms. The Kier molecular flexibility index (Phi) is 9.51. The van der Waals surface area contributed by atoms with Crippen LogP contribution in [0.5, 0.6) is 0 Å². The van der Waals surface area contributed by atoms with E-state index in [1.807, 2.05) is 43.3 Å². The van der Waals surface area contributed by atoms with Crippen LogP contribution in [0.2, 0.25) is 0 Å². The maximum absolute atomic E-state index is 11.5. The van der Waals surface area contributed by atoms with Gasteiger partial charge in [0.1, 0.15) is 6.10 Å². The van der Waals surface area contributed by atoms with Gasteiger partial charge in [0.2, 0.25) is 0 Å². The van der Waals surface area contributed by atoms with Crippen molar-refractivity contribution in [3.63, 3.8) is 0 Å². The van der Waals surface area contributed by atoms with E-state index in [1.165, 1.54) is 6.92 Å². The highest BCUT2D eigenvalue weighted by Gasteiger charge is 2.16. The van der Waals surface area contributed by atoms with Crippen LogP contribution in [0.3, 0.4) is 0 Å². The summed E-state index contributed by atoms with van der Waals surface area (Å²) in [7, 11) is 0. The first-order chi connectivity index (χ1) is 12.8. The molecule has 2 aromatic rings. The highest BCUT2D eigenvalue weighted by molar-refractivity contribution is 5.97. The molecule has 0 spiro atoms. The molecule has 0 heterocycles. The van der Waals surface area contributed by atoms with Crippen molar-refractivity contribution in [2.75, 3.05) is 0 Å². The first kappa shape index (κ1) is 22.1. The zero-order chi connectivity index (χ0) is 20.2. The fourth-order valence-corrected chi connectivity index (χ4v) is 2.18. The van der Waals surface area contributed by atoms with E-state index in [4.69, 9.17) is 9.84 Å². The van der Waals surface area contributed by atoms with Crippen LogP contribution in [0.25, 0.3) is 0 Å². The maximum Gasteiger partial charge on any atom is 0.306 e. The first-order valence-corrected chi connectivity index (χ1v) is 8.90. The number of ketones is 1. The molecule has 2 rings (SSSR count). The summed E-state index contributed by atoms with van der Waals surface area (Å²) in [6.07, 6.45) is 0.338. The monoisotopic (exact) mass is 370 g/mol. The number of carboxylic acids is 1. The molecule has 0 amide bonds. The summed E-state index contributed by atoms with van der Waals surface area (Å²) in [4.78, 5) is 33.0. The van der Waals surface area contributed by atoms with Gasteiger partial charge < -0.3 is 9.84 Å². The van der Waals surface area contributed by atoms with Crippen LogP contribution < -0.4 is 0 Å². The zero-order valence-electron chi connectivity index (χ0n) is 15.9. The SMILES string of the molecule is CC(CC(=O)c1ccccc1)C(=O)O.CCC(=O)OC(C)c1ccccc1. The number of Topliss-reactive ketones (excluding diaryl/α,β-unsaturated/α-hetero) is 1. The van der Waals surface area contributed by atoms with E-state index in [0.29, 0.717) is 12.0 Å². The molecule has 5 nitrogen and oxygen atoms in total. The molecule has 0 aromatic heterocycles. The molecule has 0 radical (unpaired) electrons. The molecular formula is C22H26O5. The Hall–Kier alpha value is -2.95. The van der Waals surface area contributed by atoms with Crippen LogP contribution in [-0.2, 0) is 14.3 Å². The summed E-state index contributed by atoms with van der Waals surface area (Å²) in [6.45, 7) is 5.20. The van der Waals surface area contributed by atoms with E-state index >= 15 is 0 Å². The lowest BCUT2D eigenvalue weighted by Crippen LogP contribution is -2.14. The van der Waals surface area contributed by atoms with Crippen LogP contribution in [0.1, 0.15) is 55.6 Å². The van der Waals surface area contributed by atoms with Gasteiger partial charge in [-0.05, 0) is 12.5 Å². The number of hydrogen-bond acceptors (Lipinski definition) is 4. The number of benzene rings is 2. The number of aliphatic carboxylic acids is 1. The summed E-state index contributed by atoms with van der Waals surface area (Å²) in [6, 6.07) is 18.4. The quantitative estimate of drug-likeness (QED) is 0.565. The van der Waals surface area contributed by atoms with Crippen molar-refractivity contribution < 1.29 is 24.2 Å². The molecule has 0 bridgehead atoms. The molecule has 0 aliphatic rings. The van der Waals surface area contributed by atoms with Gasteiger partial charge in [0.05, 0.1) is 5.92 Å². The molecule has 0 saturated carbocycles. The number of esters is 1. The van der Waals surface area contributed by atoms with E-state index < -0.39 is 11.9 Å². The smallest absolute Gasteiger partial charge is 0.306 e. The second-order valence-electron chi connectivity index (χ2n) is 6.13. The fourth-order valence-electron chi connectivity index (χ4n) is 2.18. The van der Waals surface area contributed by atoms with Crippen molar-refractivity contribution in [3.05, 3.63) is 71.8 Å². The van der Waals surface area contributed by atoms with Crippen LogP contribution in [0.15, 0.2) is 60.7 Å². The number of carbonyl (C=O) groups is 3. The summed E-state index contributed by atoms with van der Waals surface area (Å²) in [5.74, 6) is -1.84. The minimum absolute atomic E-state index is 0.0549. The van der Waals surface area contributed by atoms with Crippen molar-refractivity contribution in [3.8, 4) is 0 Å². The van der Waals surface area contributed by atoms with Gasteiger partial charge in [0.15, 0.2) is 5.78 Å². The maximum atomic E-state index is 11.5. The summed E-state index contributed by atoms with van der Waals surface area (Å²) in [5.41, 5.74) is 1.60. The minimum atomic E-state index is -0.936. The summed E-state index contributed by atoms with van der Waals surface area (Å²) in [5, 5.41) is 8.63. The van der Waals surface area contributed by atoms with Gasteiger partial charge in [0.25, 0.3) is 0 Å². The van der Waals surface area contributed by atoms with Gasteiger partial charge in [0, 0.05) is 18.4 Å². The van der Waals surface area contributed by atoms with Crippen LogP contribution in [0, 0.1) is 5.92 Å². The van der Waals surface area contributed by atoms with E-state index in [-0.39, 0.29) is 24.3 Å². The lowest BCUT2D eigenvalue weighted by molar-refractivity contribution is -0.148. The lowest BCUT2D eigenvalue weighted by atomic mass is 10.0. The van der Waals surface area contributed by atoms with Crippen molar-refractivity contribution in [2.45, 2.75) is 39.7 Å². The largest absolute Gasteiger partial charge is 0.481 e. The molecule has 27 heavy (non-hydrogen) atoms. The Bertz CT molecular complexity index is 725. The fraction of sp³-hybridized carbons (Fsp3) is 0.318. The van der Waals surface area contributed by atoms with Gasteiger partial charge in [-0.3, -0.25) is 14.4 Å². The summed E-state index contributed by atoms with van der Waals surface area (Å²) >= 11 is 0. The van der Waals surface area contributed by atoms with Crippen molar-refractivity contribution in [2.24, 2.45) is 5.92 Å². The number of carbonyl (C=O) groups excluding carboxylic acids is 2. The third kappa shape index (κ3) is 8.31. The predicted octanol–water partition coefficient (Wildman–Crippen LogP) is 4.68.